The Kier molecular flexibility index (Phi) is 4.67. The van der Waals surface area contributed by atoms with Crippen LogP contribution in [-0.4, -0.2) is 16.8 Å². The summed E-state index contributed by atoms with van der Waals surface area (Å²) in [5.74, 6) is 0.756. The van der Waals surface area contributed by atoms with Gasteiger partial charge in [0.2, 0.25) is 0 Å². The molecule has 0 aromatic carbocycles. The first kappa shape index (κ1) is 14.6. The average molecular weight is 263 g/mol. The molecule has 0 amide bonds. The average Bonchev–Trinajstić information content (AvgIpc) is 2.99. The largest absolute Gasteiger partial charge is 0.311 e. The molecule has 1 unspecified atom stereocenters. The van der Waals surface area contributed by atoms with Crippen LogP contribution in [0.15, 0.2) is 12.3 Å². The molecule has 0 radical (unpaired) electrons. The lowest BCUT2D eigenvalue weighted by molar-refractivity contribution is 0.155. The van der Waals surface area contributed by atoms with Gasteiger partial charge in [-0.2, -0.15) is 5.10 Å². The molecular formula is C16H29N3. The van der Waals surface area contributed by atoms with Crippen LogP contribution in [0.1, 0.15) is 64.6 Å². The van der Waals surface area contributed by atoms with Gasteiger partial charge < -0.3 is 5.32 Å². The van der Waals surface area contributed by atoms with Crippen LogP contribution >= 0.6 is 0 Å². The Morgan fingerprint density at radius 3 is 2.58 bits per heavy atom. The van der Waals surface area contributed by atoms with E-state index in [1.165, 1.54) is 37.8 Å². The van der Waals surface area contributed by atoms with Gasteiger partial charge in [-0.05, 0) is 50.6 Å². The molecule has 1 fully saturated rings. The molecule has 1 atom stereocenters. The molecule has 1 aliphatic carbocycles. The zero-order valence-electron chi connectivity index (χ0n) is 12.9. The Morgan fingerprint density at radius 1 is 1.37 bits per heavy atom. The first-order valence-corrected chi connectivity index (χ1v) is 7.82. The van der Waals surface area contributed by atoms with E-state index in [4.69, 9.17) is 0 Å². The fourth-order valence-electron chi connectivity index (χ4n) is 4.12. The van der Waals surface area contributed by atoms with Crippen LogP contribution in [0.4, 0.5) is 0 Å². The number of hydrogen-bond donors (Lipinski definition) is 1. The maximum atomic E-state index is 4.46. The van der Waals surface area contributed by atoms with E-state index in [1.807, 2.05) is 6.20 Å². The van der Waals surface area contributed by atoms with Gasteiger partial charge in [-0.15, -0.1) is 0 Å². The third-order valence-corrected chi connectivity index (χ3v) is 4.66. The van der Waals surface area contributed by atoms with Crippen molar-refractivity contribution < 1.29 is 0 Å². The molecule has 0 saturated heterocycles. The number of hydrogen-bond acceptors (Lipinski definition) is 2. The summed E-state index contributed by atoms with van der Waals surface area (Å²) >= 11 is 0. The standard InChI is InChI=1S/C16H29N3/c1-5-19-14(8-11-18-19)15(17-4)16(12-13(2)3)9-6-7-10-16/h8,11,13,15,17H,5-7,9-10,12H2,1-4H3. The molecule has 1 heterocycles. The first-order chi connectivity index (χ1) is 9.13. The highest BCUT2D eigenvalue weighted by Gasteiger charge is 2.42. The van der Waals surface area contributed by atoms with Crippen LogP contribution < -0.4 is 5.32 Å². The fourth-order valence-corrected chi connectivity index (χ4v) is 4.12. The maximum absolute atomic E-state index is 4.46. The highest BCUT2D eigenvalue weighted by Crippen LogP contribution is 2.51. The van der Waals surface area contributed by atoms with Crippen LogP contribution in [0, 0.1) is 11.3 Å². The predicted octanol–water partition coefficient (Wildman–Crippen LogP) is 3.77. The third kappa shape index (κ3) is 2.86. The minimum absolute atomic E-state index is 0.426. The predicted molar refractivity (Wildman–Crippen MR) is 80.1 cm³/mol. The molecule has 19 heavy (non-hydrogen) atoms. The van der Waals surface area contributed by atoms with E-state index in [0.717, 1.165) is 12.5 Å². The minimum Gasteiger partial charge on any atom is -0.311 e. The summed E-state index contributed by atoms with van der Waals surface area (Å²) in [7, 11) is 2.11. The maximum Gasteiger partial charge on any atom is 0.0559 e. The fraction of sp³-hybridized carbons (Fsp3) is 0.812. The second kappa shape index (κ2) is 6.08. The molecule has 1 aliphatic rings. The van der Waals surface area contributed by atoms with Gasteiger partial charge in [0.1, 0.15) is 0 Å². The van der Waals surface area contributed by atoms with Gasteiger partial charge in [0, 0.05) is 12.7 Å². The Balaban J connectivity index is 2.32. The van der Waals surface area contributed by atoms with Gasteiger partial charge in [-0.1, -0.05) is 26.7 Å². The van der Waals surface area contributed by atoms with Gasteiger partial charge in [0.05, 0.1) is 11.7 Å². The summed E-state index contributed by atoms with van der Waals surface area (Å²) in [5, 5.41) is 8.07. The molecule has 1 aromatic heterocycles. The molecule has 0 bridgehead atoms. The molecule has 1 N–H and O–H groups in total. The van der Waals surface area contributed by atoms with E-state index in [9.17, 15) is 0 Å². The lowest BCUT2D eigenvalue weighted by Gasteiger charge is -2.39. The monoisotopic (exact) mass is 263 g/mol. The van der Waals surface area contributed by atoms with Crippen molar-refractivity contribution in [1.82, 2.24) is 15.1 Å². The number of nitrogens with zero attached hydrogens (tertiary/aromatic N) is 2. The van der Waals surface area contributed by atoms with Crippen molar-refractivity contribution in [2.75, 3.05) is 7.05 Å². The van der Waals surface area contributed by atoms with Crippen molar-refractivity contribution in [3.63, 3.8) is 0 Å². The van der Waals surface area contributed by atoms with Gasteiger partial charge in [-0.3, -0.25) is 4.68 Å². The van der Waals surface area contributed by atoms with Crippen LogP contribution in [0.2, 0.25) is 0 Å². The number of nitrogens with one attached hydrogen (secondary N) is 1. The molecule has 1 aromatic rings. The molecule has 0 spiro atoms. The number of aromatic nitrogens is 2. The smallest absolute Gasteiger partial charge is 0.0559 e. The topological polar surface area (TPSA) is 29.9 Å². The Morgan fingerprint density at radius 2 is 2.05 bits per heavy atom. The molecular weight excluding hydrogens is 234 g/mol. The van der Waals surface area contributed by atoms with E-state index in [2.05, 4.69) is 49.0 Å². The van der Waals surface area contributed by atoms with Gasteiger partial charge in [0.15, 0.2) is 0 Å². The highest BCUT2D eigenvalue weighted by molar-refractivity contribution is 5.13. The lowest BCUT2D eigenvalue weighted by Crippen LogP contribution is -2.37. The SMILES string of the molecule is CCn1nccc1C(NC)C1(CC(C)C)CCCC1. The van der Waals surface area contributed by atoms with Gasteiger partial charge in [-0.25, -0.2) is 0 Å². The second-order valence-electron chi connectivity index (χ2n) is 6.46. The summed E-state index contributed by atoms with van der Waals surface area (Å²) in [6, 6.07) is 2.64. The van der Waals surface area contributed by atoms with Crippen molar-refractivity contribution in [1.29, 1.82) is 0 Å². The minimum atomic E-state index is 0.426. The third-order valence-electron chi connectivity index (χ3n) is 4.66. The quantitative estimate of drug-likeness (QED) is 0.846. The summed E-state index contributed by atoms with van der Waals surface area (Å²) in [4.78, 5) is 0. The summed E-state index contributed by atoms with van der Waals surface area (Å²) in [6.07, 6.45) is 8.72. The molecule has 3 heteroatoms. The van der Waals surface area contributed by atoms with Crippen molar-refractivity contribution in [2.24, 2.45) is 11.3 Å². The van der Waals surface area contributed by atoms with E-state index >= 15 is 0 Å². The number of aryl methyl sites for hydroxylation is 1. The Hall–Kier alpha value is -0.830. The normalized spacial score (nSPS) is 20.1. The zero-order chi connectivity index (χ0) is 13.9. The van der Waals surface area contributed by atoms with Crippen molar-refractivity contribution >= 4 is 0 Å². The Labute approximate surface area is 117 Å². The second-order valence-corrected chi connectivity index (χ2v) is 6.46. The van der Waals surface area contributed by atoms with Crippen molar-refractivity contribution in [3.05, 3.63) is 18.0 Å². The molecule has 3 nitrogen and oxygen atoms in total. The molecule has 1 saturated carbocycles. The van der Waals surface area contributed by atoms with E-state index in [1.54, 1.807) is 0 Å². The molecule has 108 valence electrons. The van der Waals surface area contributed by atoms with E-state index in [-0.39, 0.29) is 0 Å². The van der Waals surface area contributed by atoms with Gasteiger partial charge in [0.25, 0.3) is 0 Å². The molecule has 0 aliphatic heterocycles. The van der Waals surface area contributed by atoms with Crippen LogP contribution in [0.5, 0.6) is 0 Å². The zero-order valence-corrected chi connectivity index (χ0v) is 12.9. The van der Waals surface area contributed by atoms with Crippen molar-refractivity contribution in [3.8, 4) is 0 Å². The van der Waals surface area contributed by atoms with Crippen LogP contribution in [0.25, 0.3) is 0 Å². The lowest BCUT2D eigenvalue weighted by atomic mass is 9.71. The van der Waals surface area contributed by atoms with Crippen LogP contribution in [-0.2, 0) is 6.54 Å². The summed E-state index contributed by atoms with van der Waals surface area (Å²) in [6.45, 7) is 7.83. The Bertz CT molecular complexity index is 388. The molecule has 2 rings (SSSR count). The summed E-state index contributed by atoms with van der Waals surface area (Å²) in [5.41, 5.74) is 1.79. The van der Waals surface area contributed by atoms with Gasteiger partial charge >= 0.3 is 0 Å². The van der Waals surface area contributed by atoms with E-state index in [0.29, 0.717) is 11.5 Å². The first-order valence-electron chi connectivity index (χ1n) is 7.82. The van der Waals surface area contributed by atoms with Crippen molar-refractivity contribution in [2.45, 2.75) is 65.5 Å². The summed E-state index contributed by atoms with van der Waals surface area (Å²) < 4.78 is 2.15. The van der Waals surface area contributed by atoms with E-state index < -0.39 is 0 Å². The highest BCUT2D eigenvalue weighted by atomic mass is 15.3. The van der Waals surface area contributed by atoms with Crippen LogP contribution in [0.3, 0.4) is 0 Å². The number of rotatable bonds is 6.